The van der Waals surface area contributed by atoms with E-state index >= 15 is 0 Å². The lowest BCUT2D eigenvalue weighted by Gasteiger charge is -2.28. The summed E-state index contributed by atoms with van der Waals surface area (Å²) < 4.78 is 0. The van der Waals surface area contributed by atoms with E-state index < -0.39 is 0 Å². The molecule has 0 spiro atoms. The van der Waals surface area contributed by atoms with E-state index in [4.69, 9.17) is 0 Å². The van der Waals surface area contributed by atoms with Gasteiger partial charge >= 0.3 is 0 Å². The van der Waals surface area contributed by atoms with Crippen molar-refractivity contribution in [2.45, 2.75) is 90.0 Å². The highest BCUT2D eigenvalue weighted by Gasteiger charge is 2.20. The number of aliphatic hydroxyl groups excluding tert-OH is 1. The summed E-state index contributed by atoms with van der Waals surface area (Å²) in [6.07, 6.45) is 20.5. The first-order valence-electron chi connectivity index (χ1n) is 9.00. The third-order valence-corrected chi connectivity index (χ3v) is 4.42. The smallest absolute Gasteiger partial charge is 0.111 e. The van der Waals surface area contributed by atoms with Crippen molar-refractivity contribution in [3.05, 3.63) is 24.0 Å². The second-order valence-corrected chi connectivity index (χ2v) is 6.69. The van der Waals surface area contributed by atoms with Crippen molar-refractivity contribution >= 4 is 0 Å². The molecule has 1 aliphatic rings. The summed E-state index contributed by atoms with van der Waals surface area (Å²) in [5, 5.41) is 12.9. The first kappa shape index (κ1) is 18.3. The van der Waals surface area contributed by atoms with E-state index in [0.29, 0.717) is 5.76 Å². The Morgan fingerprint density at radius 3 is 2.10 bits per heavy atom. The highest BCUT2D eigenvalue weighted by molar-refractivity contribution is 5.23. The van der Waals surface area contributed by atoms with E-state index in [2.05, 4.69) is 25.2 Å². The van der Waals surface area contributed by atoms with Crippen molar-refractivity contribution in [2.24, 2.45) is 0 Å². The van der Waals surface area contributed by atoms with E-state index in [0.717, 1.165) is 13.0 Å². The standard InChI is InChI=1S/C19H35NO/c1-3-4-5-6-7-8-9-10-11-12-17-20-19(2)15-13-18(21)14-16-19/h13-15,20-21H,3-12,16-17H2,1-2H3. The summed E-state index contributed by atoms with van der Waals surface area (Å²) in [7, 11) is 0. The van der Waals surface area contributed by atoms with Gasteiger partial charge in [0.25, 0.3) is 0 Å². The van der Waals surface area contributed by atoms with Crippen molar-refractivity contribution < 1.29 is 5.11 Å². The summed E-state index contributed by atoms with van der Waals surface area (Å²) in [6.45, 7) is 5.55. The summed E-state index contributed by atoms with van der Waals surface area (Å²) in [5.74, 6) is 0.396. The molecule has 0 aliphatic heterocycles. The van der Waals surface area contributed by atoms with Crippen molar-refractivity contribution in [2.75, 3.05) is 6.54 Å². The van der Waals surface area contributed by atoms with E-state index in [1.165, 1.54) is 64.2 Å². The average molecular weight is 293 g/mol. The van der Waals surface area contributed by atoms with Gasteiger partial charge in [0.15, 0.2) is 0 Å². The Morgan fingerprint density at radius 1 is 1.00 bits per heavy atom. The maximum Gasteiger partial charge on any atom is 0.111 e. The molecule has 0 saturated heterocycles. The molecule has 0 bridgehead atoms. The summed E-state index contributed by atoms with van der Waals surface area (Å²) in [6, 6.07) is 0. The number of nitrogens with one attached hydrogen (secondary N) is 1. The molecule has 2 heteroatoms. The van der Waals surface area contributed by atoms with Crippen molar-refractivity contribution in [3.63, 3.8) is 0 Å². The van der Waals surface area contributed by atoms with Gasteiger partial charge in [-0.3, -0.25) is 0 Å². The predicted octanol–water partition coefficient (Wildman–Crippen LogP) is 5.66. The Labute approximate surface area is 131 Å². The van der Waals surface area contributed by atoms with Crippen LogP contribution in [0.2, 0.25) is 0 Å². The van der Waals surface area contributed by atoms with Crippen LogP contribution >= 0.6 is 0 Å². The van der Waals surface area contributed by atoms with Crippen LogP contribution in [0.25, 0.3) is 0 Å². The van der Waals surface area contributed by atoms with Gasteiger partial charge in [-0.2, -0.15) is 0 Å². The minimum Gasteiger partial charge on any atom is -0.508 e. The fraction of sp³-hybridized carbons (Fsp3) is 0.789. The normalized spacial score (nSPS) is 21.5. The van der Waals surface area contributed by atoms with Gasteiger partial charge in [-0.1, -0.05) is 70.8 Å². The topological polar surface area (TPSA) is 32.3 Å². The first-order valence-corrected chi connectivity index (χ1v) is 9.00. The zero-order valence-electron chi connectivity index (χ0n) is 14.2. The first-order chi connectivity index (χ1) is 10.2. The molecule has 0 saturated carbocycles. The van der Waals surface area contributed by atoms with Crippen molar-refractivity contribution in [1.82, 2.24) is 5.32 Å². The Morgan fingerprint density at radius 2 is 1.57 bits per heavy atom. The minimum atomic E-state index is 0.0332. The number of hydrogen-bond donors (Lipinski definition) is 2. The van der Waals surface area contributed by atoms with Crippen LogP contribution in [0.5, 0.6) is 0 Å². The number of rotatable bonds is 12. The minimum absolute atomic E-state index is 0.0332. The summed E-state index contributed by atoms with van der Waals surface area (Å²) in [5.41, 5.74) is 0.0332. The highest BCUT2D eigenvalue weighted by Crippen LogP contribution is 2.19. The maximum absolute atomic E-state index is 9.35. The van der Waals surface area contributed by atoms with Crippen LogP contribution in [-0.2, 0) is 0 Å². The van der Waals surface area contributed by atoms with Gasteiger partial charge in [0.1, 0.15) is 5.76 Å². The summed E-state index contributed by atoms with van der Waals surface area (Å²) in [4.78, 5) is 0. The molecule has 0 aromatic heterocycles. The quantitative estimate of drug-likeness (QED) is 0.455. The molecule has 1 rings (SSSR count). The van der Waals surface area contributed by atoms with Crippen molar-refractivity contribution in [3.8, 4) is 0 Å². The van der Waals surface area contributed by atoms with E-state index in [1.807, 2.05) is 6.08 Å². The molecule has 0 aromatic carbocycles. The number of aliphatic hydroxyl groups is 1. The average Bonchev–Trinajstić information content (AvgIpc) is 2.48. The summed E-state index contributed by atoms with van der Waals surface area (Å²) >= 11 is 0. The fourth-order valence-electron chi connectivity index (χ4n) is 2.84. The lowest BCUT2D eigenvalue weighted by atomic mass is 9.93. The second kappa shape index (κ2) is 10.9. The molecule has 0 fully saturated rings. The van der Waals surface area contributed by atoms with Crippen molar-refractivity contribution in [1.29, 1.82) is 0 Å². The molecular formula is C19H35NO. The largest absolute Gasteiger partial charge is 0.508 e. The van der Waals surface area contributed by atoms with Crippen LogP contribution in [0, 0.1) is 0 Å². The van der Waals surface area contributed by atoms with Gasteiger partial charge < -0.3 is 10.4 Å². The molecule has 122 valence electrons. The number of hydrogen-bond acceptors (Lipinski definition) is 2. The van der Waals surface area contributed by atoms with Gasteiger partial charge in [-0.25, -0.2) is 0 Å². The molecule has 0 amide bonds. The van der Waals surface area contributed by atoms with Crippen LogP contribution in [0.1, 0.15) is 84.5 Å². The Kier molecular flexibility index (Phi) is 9.49. The number of allylic oxidation sites excluding steroid dienone is 1. The van der Waals surface area contributed by atoms with Gasteiger partial charge in [0.2, 0.25) is 0 Å². The molecule has 1 atom stereocenters. The second-order valence-electron chi connectivity index (χ2n) is 6.69. The van der Waals surface area contributed by atoms with Crippen LogP contribution in [0.15, 0.2) is 24.0 Å². The highest BCUT2D eigenvalue weighted by atomic mass is 16.3. The third kappa shape index (κ3) is 8.98. The maximum atomic E-state index is 9.35. The zero-order valence-corrected chi connectivity index (χ0v) is 14.2. The lowest BCUT2D eigenvalue weighted by molar-refractivity contribution is 0.388. The van der Waals surface area contributed by atoms with Gasteiger partial charge in [-0.15, -0.1) is 0 Å². The van der Waals surface area contributed by atoms with E-state index in [-0.39, 0.29) is 5.54 Å². The Balaban J connectivity index is 1.88. The van der Waals surface area contributed by atoms with Crippen LogP contribution in [-0.4, -0.2) is 17.2 Å². The van der Waals surface area contributed by atoms with Gasteiger partial charge in [-0.05, 0) is 38.5 Å². The molecule has 1 unspecified atom stereocenters. The van der Waals surface area contributed by atoms with Crippen LogP contribution in [0.4, 0.5) is 0 Å². The SMILES string of the molecule is CCCCCCCCCCCCNC1(C)C=CC(O)=CC1. The fourth-order valence-corrected chi connectivity index (χ4v) is 2.84. The van der Waals surface area contributed by atoms with Gasteiger partial charge in [0.05, 0.1) is 0 Å². The molecule has 0 heterocycles. The molecule has 0 aromatic rings. The zero-order chi connectivity index (χ0) is 15.4. The van der Waals surface area contributed by atoms with E-state index in [9.17, 15) is 5.11 Å². The molecular weight excluding hydrogens is 258 g/mol. The van der Waals surface area contributed by atoms with Crippen LogP contribution < -0.4 is 5.32 Å². The molecule has 21 heavy (non-hydrogen) atoms. The molecule has 1 aliphatic carbocycles. The monoisotopic (exact) mass is 293 g/mol. The Hall–Kier alpha value is -0.760. The Bertz CT molecular complexity index is 322. The lowest BCUT2D eigenvalue weighted by Crippen LogP contribution is -2.41. The number of unbranched alkanes of at least 4 members (excludes halogenated alkanes) is 9. The van der Waals surface area contributed by atoms with E-state index in [1.54, 1.807) is 6.08 Å². The third-order valence-electron chi connectivity index (χ3n) is 4.42. The van der Waals surface area contributed by atoms with Gasteiger partial charge in [0, 0.05) is 5.54 Å². The molecule has 0 radical (unpaired) electrons. The molecule has 2 nitrogen and oxygen atoms in total. The van der Waals surface area contributed by atoms with Crippen LogP contribution in [0.3, 0.4) is 0 Å². The molecule has 2 N–H and O–H groups in total. The predicted molar refractivity (Wildman–Crippen MR) is 92.7 cm³/mol.